The lowest BCUT2D eigenvalue weighted by molar-refractivity contribution is -0.152. The van der Waals surface area contributed by atoms with Crippen LogP contribution in [-0.2, 0) is 16.0 Å². The van der Waals surface area contributed by atoms with Gasteiger partial charge in [0.25, 0.3) is 0 Å². The molecule has 0 unspecified atom stereocenters. The van der Waals surface area contributed by atoms with E-state index < -0.39 is 0 Å². The molecule has 4 aliphatic heterocycles. The van der Waals surface area contributed by atoms with Crippen LogP contribution in [-0.4, -0.2) is 71.3 Å². The molecule has 1 aromatic carbocycles. The summed E-state index contributed by atoms with van der Waals surface area (Å²) in [6.45, 7) is 4.94. The molecule has 156 valence electrons. The number of carbonyl (C=O) groups is 2. The lowest BCUT2D eigenvalue weighted by atomic mass is 9.71. The van der Waals surface area contributed by atoms with Crippen LogP contribution in [0.2, 0.25) is 0 Å². The first-order chi connectivity index (χ1) is 14.2. The molecule has 5 rings (SSSR count). The van der Waals surface area contributed by atoms with Gasteiger partial charge in [-0.05, 0) is 49.5 Å². The van der Waals surface area contributed by atoms with Gasteiger partial charge >= 0.3 is 0 Å². The fourth-order valence-electron chi connectivity index (χ4n) is 6.38. The van der Waals surface area contributed by atoms with Gasteiger partial charge in [-0.3, -0.25) is 9.59 Å². The third-order valence-electron chi connectivity index (χ3n) is 7.72. The van der Waals surface area contributed by atoms with Crippen LogP contribution in [0.5, 0.6) is 0 Å². The van der Waals surface area contributed by atoms with Gasteiger partial charge in [-0.1, -0.05) is 30.3 Å². The molecule has 4 fully saturated rings. The average Bonchev–Trinajstić information content (AvgIpc) is 3.15. The fourth-order valence-corrected chi connectivity index (χ4v) is 6.38. The molecular formula is C24H33N3O2. The van der Waals surface area contributed by atoms with Gasteiger partial charge in [0, 0.05) is 57.6 Å². The van der Waals surface area contributed by atoms with Crippen molar-refractivity contribution in [3.05, 3.63) is 35.9 Å². The molecule has 0 aromatic heterocycles. The maximum atomic E-state index is 12.9. The molecule has 0 saturated carbocycles. The quantitative estimate of drug-likeness (QED) is 0.770. The van der Waals surface area contributed by atoms with Gasteiger partial charge in [0.2, 0.25) is 11.8 Å². The lowest BCUT2D eigenvalue weighted by Gasteiger charge is -2.57. The number of piperidine rings is 3. The van der Waals surface area contributed by atoms with E-state index in [1.807, 2.05) is 4.90 Å². The standard InChI is InChI=1S/C24H33N3O2/c28-23-10-5-11-26(23)13-12-25-16-19-15-20(17-25)22(14-18-6-2-1-3-7-18)27-21(19)8-4-9-24(27)29/h1-3,6-7,19-22H,4-5,8-17H2/t19-,20+,21+,22+/m1/s1. The van der Waals surface area contributed by atoms with Crippen LogP contribution in [0.25, 0.3) is 0 Å². The van der Waals surface area contributed by atoms with Crippen molar-refractivity contribution in [3.63, 3.8) is 0 Å². The van der Waals surface area contributed by atoms with Gasteiger partial charge in [0.05, 0.1) is 0 Å². The molecule has 2 bridgehead atoms. The van der Waals surface area contributed by atoms with Crippen LogP contribution in [0, 0.1) is 11.8 Å². The highest BCUT2D eigenvalue weighted by molar-refractivity contribution is 5.78. The summed E-state index contributed by atoms with van der Waals surface area (Å²) in [4.78, 5) is 31.9. The Morgan fingerprint density at radius 3 is 2.48 bits per heavy atom. The second-order valence-corrected chi connectivity index (χ2v) is 9.52. The Hall–Kier alpha value is -1.88. The van der Waals surface area contributed by atoms with Crippen molar-refractivity contribution in [2.75, 3.05) is 32.7 Å². The number of nitrogens with zero attached hydrogens (tertiary/aromatic N) is 3. The first-order valence-electron chi connectivity index (χ1n) is 11.5. The van der Waals surface area contributed by atoms with Crippen molar-refractivity contribution in [3.8, 4) is 0 Å². The molecule has 0 radical (unpaired) electrons. The first-order valence-corrected chi connectivity index (χ1v) is 11.5. The zero-order valence-corrected chi connectivity index (χ0v) is 17.3. The zero-order chi connectivity index (χ0) is 19.8. The Morgan fingerprint density at radius 1 is 0.897 bits per heavy atom. The summed E-state index contributed by atoms with van der Waals surface area (Å²) in [6.07, 6.45) is 6.90. The summed E-state index contributed by atoms with van der Waals surface area (Å²) in [5.41, 5.74) is 1.34. The van der Waals surface area contributed by atoms with E-state index in [2.05, 4.69) is 40.1 Å². The van der Waals surface area contributed by atoms with E-state index in [-0.39, 0.29) is 0 Å². The van der Waals surface area contributed by atoms with E-state index in [0.717, 1.165) is 71.2 Å². The van der Waals surface area contributed by atoms with Crippen molar-refractivity contribution in [1.82, 2.24) is 14.7 Å². The minimum Gasteiger partial charge on any atom is -0.341 e. The Balaban J connectivity index is 1.33. The highest BCUT2D eigenvalue weighted by atomic mass is 16.2. The maximum Gasteiger partial charge on any atom is 0.223 e. The third kappa shape index (κ3) is 3.81. The highest BCUT2D eigenvalue weighted by Gasteiger charge is 2.49. The van der Waals surface area contributed by atoms with Crippen LogP contribution in [0.15, 0.2) is 30.3 Å². The van der Waals surface area contributed by atoms with Gasteiger partial charge in [-0.25, -0.2) is 0 Å². The molecule has 29 heavy (non-hydrogen) atoms. The lowest BCUT2D eigenvalue weighted by Crippen LogP contribution is -2.65. The second-order valence-electron chi connectivity index (χ2n) is 9.52. The molecule has 2 amide bonds. The predicted molar refractivity (Wildman–Crippen MR) is 112 cm³/mol. The molecule has 0 aliphatic carbocycles. The van der Waals surface area contributed by atoms with Crippen LogP contribution in [0.1, 0.15) is 44.1 Å². The van der Waals surface area contributed by atoms with Gasteiger partial charge in [0.15, 0.2) is 0 Å². The number of hydrogen-bond donors (Lipinski definition) is 0. The van der Waals surface area contributed by atoms with E-state index >= 15 is 0 Å². The van der Waals surface area contributed by atoms with Crippen molar-refractivity contribution in [1.29, 1.82) is 0 Å². The molecule has 4 aliphatic rings. The fraction of sp³-hybridized carbons (Fsp3) is 0.667. The number of rotatable bonds is 5. The number of benzene rings is 1. The van der Waals surface area contributed by atoms with Crippen molar-refractivity contribution < 1.29 is 9.59 Å². The molecular weight excluding hydrogens is 362 g/mol. The smallest absolute Gasteiger partial charge is 0.223 e. The van der Waals surface area contributed by atoms with Crippen molar-refractivity contribution in [2.24, 2.45) is 11.8 Å². The number of fused-ring (bicyclic) bond motifs is 4. The minimum atomic E-state index is 0.322. The molecule has 5 heteroatoms. The average molecular weight is 396 g/mol. The summed E-state index contributed by atoms with van der Waals surface area (Å²) >= 11 is 0. The molecule has 4 heterocycles. The summed E-state index contributed by atoms with van der Waals surface area (Å²) < 4.78 is 0. The van der Waals surface area contributed by atoms with E-state index in [4.69, 9.17) is 0 Å². The Kier molecular flexibility index (Phi) is 5.33. The SMILES string of the molecule is O=C1CCCN1CCN1C[C@H]2C[C@@H](C1)[C@H](Cc1ccccc1)N1C(=O)CCC[C@@H]21. The molecule has 0 spiro atoms. The first kappa shape index (κ1) is 19.1. The second kappa shape index (κ2) is 8.10. The van der Waals surface area contributed by atoms with Gasteiger partial charge in [-0.2, -0.15) is 0 Å². The van der Waals surface area contributed by atoms with Crippen LogP contribution >= 0.6 is 0 Å². The predicted octanol–water partition coefficient (Wildman–Crippen LogP) is 2.55. The highest BCUT2D eigenvalue weighted by Crippen LogP contribution is 2.42. The summed E-state index contributed by atoms with van der Waals surface area (Å²) in [6, 6.07) is 11.4. The van der Waals surface area contributed by atoms with Crippen LogP contribution < -0.4 is 0 Å². The summed E-state index contributed by atoms with van der Waals surface area (Å²) in [5, 5.41) is 0. The van der Waals surface area contributed by atoms with Gasteiger partial charge in [-0.15, -0.1) is 0 Å². The minimum absolute atomic E-state index is 0.322. The number of likely N-dealkylation sites (tertiary alicyclic amines) is 2. The molecule has 4 atom stereocenters. The van der Waals surface area contributed by atoms with E-state index in [0.29, 0.717) is 35.7 Å². The third-order valence-corrected chi connectivity index (χ3v) is 7.72. The van der Waals surface area contributed by atoms with E-state index in [1.165, 1.54) is 12.0 Å². The maximum absolute atomic E-state index is 12.9. The number of amides is 2. The Bertz CT molecular complexity index is 752. The largest absolute Gasteiger partial charge is 0.341 e. The number of carbonyl (C=O) groups excluding carboxylic acids is 2. The van der Waals surface area contributed by atoms with Crippen LogP contribution in [0.4, 0.5) is 0 Å². The molecule has 1 aromatic rings. The summed E-state index contributed by atoms with van der Waals surface area (Å²) in [7, 11) is 0. The van der Waals surface area contributed by atoms with E-state index in [9.17, 15) is 9.59 Å². The zero-order valence-electron chi connectivity index (χ0n) is 17.3. The summed E-state index contributed by atoms with van der Waals surface area (Å²) in [5.74, 6) is 1.85. The topological polar surface area (TPSA) is 43.9 Å². The number of hydrogen-bond acceptors (Lipinski definition) is 3. The normalized spacial score (nSPS) is 32.6. The van der Waals surface area contributed by atoms with Crippen LogP contribution in [0.3, 0.4) is 0 Å². The molecule has 5 nitrogen and oxygen atoms in total. The van der Waals surface area contributed by atoms with Crippen molar-refractivity contribution >= 4 is 11.8 Å². The van der Waals surface area contributed by atoms with E-state index in [1.54, 1.807) is 0 Å². The molecule has 4 saturated heterocycles. The monoisotopic (exact) mass is 395 g/mol. The molecule has 0 N–H and O–H groups in total. The van der Waals surface area contributed by atoms with Crippen molar-refractivity contribution in [2.45, 2.75) is 57.0 Å². The Labute approximate surface area is 174 Å². The van der Waals surface area contributed by atoms with Gasteiger partial charge < -0.3 is 14.7 Å². The Morgan fingerprint density at radius 2 is 1.69 bits per heavy atom. The van der Waals surface area contributed by atoms with Gasteiger partial charge in [0.1, 0.15) is 0 Å².